The van der Waals surface area contributed by atoms with Crippen molar-refractivity contribution in [1.82, 2.24) is 67.1 Å². The topological polar surface area (TPSA) is 639 Å². The first-order valence-corrected chi connectivity index (χ1v) is 33.9. The van der Waals surface area contributed by atoms with Crippen LogP contribution in [0.2, 0.25) is 0 Å². The van der Waals surface area contributed by atoms with E-state index in [2.05, 4.69) is 74.0 Å². The molecule has 6 heterocycles. The summed E-state index contributed by atoms with van der Waals surface area (Å²) in [5.74, 6) is -8.75. The van der Waals surface area contributed by atoms with E-state index in [-0.39, 0.29) is 60.1 Å². The third-order valence-corrected chi connectivity index (χ3v) is 18.4. The van der Waals surface area contributed by atoms with Crippen LogP contribution in [-0.2, 0) is 54.1 Å². The molecule has 20 atom stereocenters. The molecule has 4 aromatic heterocycles. The van der Waals surface area contributed by atoms with E-state index in [1.54, 1.807) is 10.8 Å². The Morgan fingerprint density at radius 3 is 2.08 bits per heavy atom. The van der Waals surface area contributed by atoms with Crippen LogP contribution in [0, 0.1) is 12.8 Å². The number of anilines is 1. The van der Waals surface area contributed by atoms with Crippen LogP contribution in [0.3, 0.4) is 0 Å². The molecule has 0 aliphatic carbocycles. The van der Waals surface area contributed by atoms with Crippen molar-refractivity contribution in [2.75, 3.05) is 45.1 Å². The van der Waals surface area contributed by atoms with Gasteiger partial charge in [0.25, 0.3) is 11.8 Å². The Balaban J connectivity index is 1.08. The summed E-state index contributed by atoms with van der Waals surface area (Å²) in [7, 11) is 0. The lowest BCUT2D eigenvalue weighted by Crippen LogP contribution is -2.65. The number of primary amides is 3. The molecule has 2 aliphatic heterocycles. The molecule has 19 unspecified atom stereocenters. The molecule has 2 aliphatic rings. The fourth-order valence-electron chi connectivity index (χ4n) is 10.7. The molecular formula is C61H88N18O21S2. The highest BCUT2D eigenvalue weighted by Crippen LogP contribution is 2.35. The standard InChI is InChI=1S/C61H88N18O21S2/c1-24-39(76-52(79-50(24)64)31(16-37(63)83)71-17-30(62)51(65)89)56(93)78-41(47(32-18-67-23-72-32)98-60-49(45(87)43(85)35(19-80)97-60)99-59-46(88)48(100-61(66)95)44(86)36(20-81)96-59)57(94)73-27(4)42(84)25(2)53(90)77-40(28(5)82)55(92)70-15-12-38-74-34(22-101-38)58-75-33(21-102-58)54(91)69-14-9-13-68-26(3)29-10-7-6-8-11-29/h6-8,10-11,18,21-23,25-28,30-31,35-36,40-49,59-60,68,71,80-82,84-88H,9,12-17,19-20,62H2,1-5H3,(H2,63,83)(H2,65,89)(H2,66,95)(H,67,72)(H,69,91)(H,70,92)(H,73,94)(H,77,90)(H,78,93)(H2,64,76,79)/t25?,26-,27?,28?,30?,31?,35?,36?,40?,41?,42?,43?,44?,45?,46?,47?,48?,49?,59?,60?/m0/s1. The summed E-state index contributed by atoms with van der Waals surface area (Å²) in [5.41, 5.74) is 29.2. The summed E-state index contributed by atoms with van der Waals surface area (Å²) in [6.07, 6.45) is -24.5. The number of carbonyl (C=O) groups excluding carboxylic acids is 8. The Hall–Kier alpha value is -8.47. The highest BCUT2D eigenvalue weighted by atomic mass is 32.1. The van der Waals surface area contributed by atoms with E-state index in [9.17, 15) is 74.4 Å². The van der Waals surface area contributed by atoms with Gasteiger partial charge < -0.3 is 135 Å². The van der Waals surface area contributed by atoms with Gasteiger partial charge in [0.1, 0.15) is 94.6 Å². The summed E-state index contributed by atoms with van der Waals surface area (Å²) in [5, 5.41) is 112. The molecule has 560 valence electrons. The van der Waals surface area contributed by atoms with Gasteiger partial charge in [0, 0.05) is 54.8 Å². The number of rotatable bonds is 37. The number of aromatic amines is 1. The van der Waals surface area contributed by atoms with Crippen LogP contribution < -0.4 is 65.9 Å². The van der Waals surface area contributed by atoms with Crippen molar-refractivity contribution >= 4 is 75.9 Å². The first-order chi connectivity index (χ1) is 48.4. The number of ether oxygens (including phenoxy) is 5. The molecule has 0 saturated carbocycles. The van der Waals surface area contributed by atoms with Gasteiger partial charge >= 0.3 is 6.09 Å². The monoisotopic (exact) mass is 1470 g/mol. The van der Waals surface area contributed by atoms with E-state index in [0.717, 1.165) is 18.1 Å². The molecule has 1 aromatic carbocycles. The number of aliphatic hydroxyl groups excluding tert-OH is 8. The van der Waals surface area contributed by atoms with Crippen molar-refractivity contribution in [3.8, 4) is 10.7 Å². The molecule has 5 aromatic rings. The zero-order chi connectivity index (χ0) is 74.8. The summed E-state index contributed by atoms with van der Waals surface area (Å²) in [6, 6.07) is 2.26. The Morgan fingerprint density at radius 2 is 1.43 bits per heavy atom. The normalized spacial score (nSPS) is 23.5. The smallest absolute Gasteiger partial charge is 0.404 e. The number of nitrogen functional groups attached to an aromatic ring is 1. The van der Waals surface area contributed by atoms with E-state index in [1.165, 1.54) is 50.4 Å². The number of nitrogens with zero attached hydrogens (tertiary/aromatic N) is 5. The number of hydrogen-bond acceptors (Lipinski definition) is 32. The minimum Gasteiger partial charge on any atom is -0.441 e. The maximum atomic E-state index is 15.2. The van der Waals surface area contributed by atoms with Crippen molar-refractivity contribution in [1.29, 1.82) is 0 Å². The van der Waals surface area contributed by atoms with Gasteiger partial charge in [-0.15, -0.1) is 22.7 Å². The highest BCUT2D eigenvalue weighted by Gasteiger charge is 2.54. The van der Waals surface area contributed by atoms with E-state index >= 15 is 4.79 Å². The predicted molar refractivity (Wildman–Crippen MR) is 358 cm³/mol. The molecule has 2 saturated heterocycles. The minimum atomic E-state index is -2.20. The number of benzene rings is 1. The van der Waals surface area contributed by atoms with Crippen molar-refractivity contribution in [3.63, 3.8) is 0 Å². The summed E-state index contributed by atoms with van der Waals surface area (Å²) in [4.78, 5) is 131. The van der Waals surface area contributed by atoms with Gasteiger partial charge in [-0.25, -0.2) is 29.7 Å². The molecule has 2 fully saturated rings. The zero-order valence-electron chi connectivity index (χ0n) is 55.9. The molecule has 102 heavy (non-hydrogen) atoms. The van der Waals surface area contributed by atoms with Gasteiger partial charge in [-0.1, -0.05) is 37.3 Å². The van der Waals surface area contributed by atoms with Crippen LogP contribution in [0.1, 0.15) is 107 Å². The lowest BCUT2D eigenvalue weighted by molar-refractivity contribution is -0.372. The molecule has 26 N–H and O–H groups in total. The first-order valence-electron chi connectivity index (χ1n) is 32.2. The Labute approximate surface area is 590 Å². The third kappa shape index (κ3) is 21.3. The van der Waals surface area contributed by atoms with Gasteiger partial charge in [0.05, 0.1) is 72.7 Å². The van der Waals surface area contributed by atoms with Gasteiger partial charge in [0.15, 0.2) is 18.7 Å². The average molecular weight is 1470 g/mol. The van der Waals surface area contributed by atoms with Crippen LogP contribution in [0.5, 0.6) is 0 Å². The summed E-state index contributed by atoms with van der Waals surface area (Å²) in [6.45, 7) is 5.81. The van der Waals surface area contributed by atoms with E-state index in [0.29, 0.717) is 35.2 Å². The quantitative estimate of drug-likeness (QED) is 0.0165. The van der Waals surface area contributed by atoms with Crippen molar-refractivity contribution < 1.29 is 103 Å². The van der Waals surface area contributed by atoms with Gasteiger partial charge in [-0.05, 0) is 46.2 Å². The fourth-order valence-corrected chi connectivity index (χ4v) is 12.3. The SMILES string of the molecule is Cc1c(N)nc(C(CC(N)=O)NCC(N)C(N)=O)nc1C(=O)NC(C(=O)NC(C)C(O)C(C)C(=O)NC(C(=O)NCCc1nc(-c2nc(C(=O)NCCCN[C@@H](C)c3ccccc3)cs2)cs1)C(C)O)C(OC1OC(CO)C(O)C(O)C1OC1OC(CO)C(O)C(OC(N)=O)C1O)c1cnc[nH]1. The third-order valence-electron chi connectivity index (χ3n) is 16.7. The number of H-pyrrole nitrogens is 1. The Bertz CT molecular complexity index is 3620. The number of thiazole rings is 2. The second kappa shape index (κ2) is 37.6. The number of nitrogens with one attached hydrogen (secondary N) is 8. The molecule has 7 rings (SSSR count). The number of aliphatic hydroxyl groups is 8. The average Bonchev–Trinajstić information content (AvgIpc) is 1.13. The fraction of sp³-hybridized carbons (Fsp3) is 0.557. The Morgan fingerprint density at radius 1 is 0.735 bits per heavy atom. The number of carbonyl (C=O) groups is 8. The number of amides is 8. The minimum absolute atomic E-state index is 0.0169. The molecule has 0 bridgehead atoms. The van der Waals surface area contributed by atoms with E-state index in [1.807, 2.05) is 30.3 Å². The predicted octanol–water partition coefficient (Wildman–Crippen LogP) is -6.23. The van der Waals surface area contributed by atoms with Crippen LogP contribution in [0.4, 0.5) is 10.6 Å². The van der Waals surface area contributed by atoms with Crippen molar-refractivity contribution in [3.05, 3.63) is 92.7 Å². The van der Waals surface area contributed by atoms with Crippen LogP contribution in [0.25, 0.3) is 10.7 Å². The molecule has 0 radical (unpaired) electrons. The van der Waals surface area contributed by atoms with Crippen LogP contribution in [-0.4, -0.2) is 255 Å². The number of hydrogen-bond donors (Lipinski definition) is 21. The zero-order valence-corrected chi connectivity index (χ0v) is 57.6. The molecule has 0 spiro atoms. The maximum absolute atomic E-state index is 15.2. The van der Waals surface area contributed by atoms with Gasteiger partial charge in [-0.2, -0.15) is 0 Å². The lowest BCUT2D eigenvalue weighted by Gasteiger charge is -2.47. The maximum Gasteiger partial charge on any atom is 0.404 e. The van der Waals surface area contributed by atoms with Crippen molar-refractivity contribution in [2.45, 2.75) is 170 Å². The van der Waals surface area contributed by atoms with E-state index in [4.69, 9.17) is 52.4 Å². The summed E-state index contributed by atoms with van der Waals surface area (Å²) >= 11 is 2.50. The number of aromatic nitrogens is 6. The molecular weight excluding hydrogens is 1380 g/mol. The van der Waals surface area contributed by atoms with Crippen molar-refractivity contribution in [2.24, 2.45) is 28.9 Å². The largest absolute Gasteiger partial charge is 0.441 e. The second-order valence-electron chi connectivity index (χ2n) is 24.2. The van der Waals surface area contributed by atoms with E-state index < -0.39 is 183 Å². The van der Waals surface area contributed by atoms with Crippen LogP contribution in [0.15, 0.2) is 53.6 Å². The molecule has 8 amide bonds. The van der Waals surface area contributed by atoms with Crippen LogP contribution >= 0.6 is 22.7 Å². The second-order valence-corrected chi connectivity index (χ2v) is 26.0. The Kier molecular flexibility index (Phi) is 29.8. The van der Waals surface area contributed by atoms with Gasteiger partial charge in [-0.3, -0.25) is 33.6 Å². The first kappa shape index (κ1) is 80.8. The number of imidazole rings is 1. The van der Waals surface area contributed by atoms with Gasteiger partial charge in [0.2, 0.25) is 29.5 Å². The summed E-state index contributed by atoms with van der Waals surface area (Å²) < 4.78 is 28.8. The number of nitrogens with two attached hydrogens (primary N) is 5. The highest BCUT2D eigenvalue weighted by molar-refractivity contribution is 7.14. The lowest BCUT2D eigenvalue weighted by atomic mass is 9.96. The molecule has 39 nitrogen and oxygen atoms in total. The molecule has 41 heteroatoms.